The van der Waals surface area contributed by atoms with Gasteiger partial charge < -0.3 is 11.1 Å². The summed E-state index contributed by atoms with van der Waals surface area (Å²) < 4.78 is 1.84. The fourth-order valence-corrected chi connectivity index (χ4v) is 3.25. The van der Waals surface area contributed by atoms with Gasteiger partial charge in [0.1, 0.15) is 0 Å². The number of amides is 1. The highest BCUT2D eigenvalue weighted by molar-refractivity contribution is 7.13. The van der Waals surface area contributed by atoms with E-state index in [1.54, 1.807) is 17.5 Å². The van der Waals surface area contributed by atoms with Crippen molar-refractivity contribution in [2.24, 2.45) is 5.73 Å². The van der Waals surface area contributed by atoms with Crippen LogP contribution in [-0.4, -0.2) is 32.8 Å². The number of fused-ring (bicyclic) bond motifs is 1. The van der Waals surface area contributed by atoms with Gasteiger partial charge in [-0.1, -0.05) is 6.07 Å². The molecule has 3 aromatic rings. The molecule has 0 atom stereocenters. The van der Waals surface area contributed by atoms with Gasteiger partial charge in [0.2, 0.25) is 0 Å². The molecule has 0 saturated heterocycles. The first kappa shape index (κ1) is 17.6. The summed E-state index contributed by atoms with van der Waals surface area (Å²) in [5.41, 5.74) is 7.34. The fraction of sp³-hybridized carbons (Fsp3) is 0.389. The minimum absolute atomic E-state index is 0.153. The predicted octanol–water partition coefficient (Wildman–Crippen LogP) is 3.21. The molecule has 6 nitrogen and oxygen atoms in total. The number of pyridine rings is 1. The van der Waals surface area contributed by atoms with Crippen LogP contribution >= 0.6 is 11.3 Å². The number of nitrogens with one attached hydrogen (secondary N) is 1. The number of hydrogen-bond acceptors (Lipinski definition) is 5. The second-order valence-electron chi connectivity index (χ2n) is 6.99. The maximum atomic E-state index is 12.9. The molecule has 0 aliphatic heterocycles. The molecule has 7 heteroatoms. The number of rotatable bonds is 5. The summed E-state index contributed by atoms with van der Waals surface area (Å²) in [6.07, 6.45) is 1.71. The van der Waals surface area contributed by atoms with Gasteiger partial charge >= 0.3 is 0 Å². The molecular formula is C18H23N5OS. The second-order valence-corrected chi connectivity index (χ2v) is 7.94. The number of hydrogen-bond donors (Lipinski definition) is 2. The topological polar surface area (TPSA) is 85.8 Å². The van der Waals surface area contributed by atoms with Gasteiger partial charge in [0.15, 0.2) is 5.65 Å². The third-order valence-corrected chi connectivity index (χ3v) is 4.93. The predicted molar refractivity (Wildman–Crippen MR) is 102 cm³/mol. The monoisotopic (exact) mass is 357 g/mol. The largest absolute Gasteiger partial charge is 0.346 e. The van der Waals surface area contributed by atoms with Crippen molar-refractivity contribution in [3.8, 4) is 10.6 Å². The van der Waals surface area contributed by atoms with Crippen LogP contribution < -0.4 is 11.1 Å². The third-order valence-electron chi connectivity index (χ3n) is 4.04. The highest BCUT2D eigenvalue weighted by atomic mass is 32.1. The number of thiophene rings is 1. The van der Waals surface area contributed by atoms with Crippen molar-refractivity contribution in [3.05, 3.63) is 35.3 Å². The average Bonchev–Trinajstić information content (AvgIpc) is 3.22. The van der Waals surface area contributed by atoms with Crippen LogP contribution in [0.25, 0.3) is 21.6 Å². The molecular weight excluding hydrogens is 334 g/mol. The quantitative estimate of drug-likeness (QED) is 0.734. The van der Waals surface area contributed by atoms with Crippen LogP contribution in [0.2, 0.25) is 0 Å². The molecule has 3 N–H and O–H groups in total. The van der Waals surface area contributed by atoms with Gasteiger partial charge in [-0.05, 0) is 45.2 Å². The maximum Gasteiger partial charge on any atom is 0.252 e. The molecule has 3 aromatic heterocycles. The molecule has 0 fully saturated rings. The van der Waals surface area contributed by atoms with E-state index in [-0.39, 0.29) is 11.9 Å². The number of carbonyl (C=O) groups excluding carboxylic acids is 1. The number of carbonyl (C=O) groups is 1. The van der Waals surface area contributed by atoms with Crippen molar-refractivity contribution in [1.82, 2.24) is 20.1 Å². The molecule has 0 aromatic carbocycles. The number of aromatic nitrogens is 3. The van der Waals surface area contributed by atoms with E-state index in [4.69, 9.17) is 10.7 Å². The summed E-state index contributed by atoms with van der Waals surface area (Å²) in [5, 5.41) is 10.2. The van der Waals surface area contributed by atoms with E-state index >= 15 is 0 Å². The van der Waals surface area contributed by atoms with E-state index in [2.05, 4.69) is 10.4 Å². The molecule has 3 heterocycles. The van der Waals surface area contributed by atoms with E-state index in [9.17, 15) is 4.79 Å². The number of nitrogens with zero attached hydrogens (tertiary/aromatic N) is 3. The summed E-state index contributed by atoms with van der Waals surface area (Å²) in [6.45, 7) is 8.25. The molecule has 0 spiro atoms. The van der Waals surface area contributed by atoms with Crippen molar-refractivity contribution in [1.29, 1.82) is 0 Å². The van der Waals surface area contributed by atoms with Crippen LogP contribution in [0.1, 0.15) is 44.1 Å². The lowest BCUT2D eigenvalue weighted by Gasteiger charge is -2.24. The Kier molecular flexibility index (Phi) is 4.62. The van der Waals surface area contributed by atoms with Crippen molar-refractivity contribution >= 4 is 28.3 Å². The molecule has 0 aliphatic carbocycles. The van der Waals surface area contributed by atoms with Crippen LogP contribution in [0.4, 0.5) is 0 Å². The van der Waals surface area contributed by atoms with Gasteiger partial charge in [0.25, 0.3) is 5.91 Å². The smallest absolute Gasteiger partial charge is 0.252 e. The zero-order valence-corrected chi connectivity index (χ0v) is 15.7. The first-order chi connectivity index (χ1) is 11.8. The van der Waals surface area contributed by atoms with E-state index < -0.39 is 5.54 Å². The van der Waals surface area contributed by atoms with Crippen molar-refractivity contribution < 1.29 is 4.79 Å². The molecule has 132 valence electrons. The summed E-state index contributed by atoms with van der Waals surface area (Å²) >= 11 is 1.60. The van der Waals surface area contributed by atoms with E-state index in [0.29, 0.717) is 12.1 Å². The van der Waals surface area contributed by atoms with Gasteiger partial charge in [-0.2, -0.15) is 5.10 Å². The Balaban J connectivity index is 2.17. The van der Waals surface area contributed by atoms with Gasteiger partial charge in [-0.3, -0.25) is 4.79 Å². The second kappa shape index (κ2) is 6.57. The minimum atomic E-state index is -0.482. The zero-order valence-electron chi connectivity index (χ0n) is 14.9. The van der Waals surface area contributed by atoms with Crippen LogP contribution in [0.5, 0.6) is 0 Å². The molecule has 3 rings (SSSR count). The van der Waals surface area contributed by atoms with Gasteiger partial charge in [0.05, 0.1) is 27.7 Å². The molecule has 0 aliphatic rings. The van der Waals surface area contributed by atoms with E-state index in [1.807, 2.05) is 56.0 Å². The first-order valence-corrected chi connectivity index (χ1v) is 9.15. The highest BCUT2D eigenvalue weighted by Crippen LogP contribution is 2.29. The Morgan fingerprint density at radius 1 is 1.44 bits per heavy atom. The van der Waals surface area contributed by atoms with E-state index in [1.165, 1.54) is 0 Å². The Labute approximate surface area is 151 Å². The van der Waals surface area contributed by atoms with Crippen LogP contribution in [-0.2, 0) is 0 Å². The molecule has 0 radical (unpaired) electrons. The first-order valence-electron chi connectivity index (χ1n) is 8.27. The number of nitrogens with two attached hydrogens (primary N) is 1. The van der Waals surface area contributed by atoms with Crippen LogP contribution in [0.15, 0.2) is 29.8 Å². The molecule has 0 bridgehead atoms. The standard InChI is InChI=1S/C18H23N5OS/c1-11(2)23-16-13(9-20-23)12(17(24)22-18(3,4)10-19)8-14(21-16)15-6-5-7-25-15/h5-9,11H,10,19H2,1-4H3,(H,22,24). The summed E-state index contributed by atoms with van der Waals surface area (Å²) in [7, 11) is 0. The highest BCUT2D eigenvalue weighted by Gasteiger charge is 2.23. The summed E-state index contributed by atoms with van der Waals surface area (Å²) in [4.78, 5) is 18.7. The Bertz CT molecular complexity index is 896. The van der Waals surface area contributed by atoms with E-state index in [0.717, 1.165) is 21.6 Å². The minimum Gasteiger partial charge on any atom is -0.346 e. The lowest BCUT2D eigenvalue weighted by Crippen LogP contribution is -2.48. The van der Waals surface area contributed by atoms with Crippen LogP contribution in [0, 0.1) is 0 Å². The van der Waals surface area contributed by atoms with Crippen molar-refractivity contribution in [2.45, 2.75) is 39.3 Å². The lowest BCUT2D eigenvalue weighted by molar-refractivity contribution is 0.0917. The Morgan fingerprint density at radius 3 is 2.80 bits per heavy atom. The van der Waals surface area contributed by atoms with Gasteiger partial charge in [0, 0.05) is 18.1 Å². The molecule has 25 heavy (non-hydrogen) atoms. The zero-order chi connectivity index (χ0) is 18.2. The SMILES string of the molecule is CC(C)n1ncc2c(C(=O)NC(C)(C)CN)cc(-c3cccs3)nc21. The van der Waals surface area contributed by atoms with Gasteiger partial charge in [-0.25, -0.2) is 9.67 Å². The molecule has 1 amide bonds. The Morgan fingerprint density at radius 2 is 2.20 bits per heavy atom. The average molecular weight is 357 g/mol. The Hall–Kier alpha value is -2.25. The summed E-state index contributed by atoms with van der Waals surface area (Å²) in [6, 6.07) is 5.96. The lowest BCUT2D eigenvalue weighted by atomic mass is 10.0. The third kappa shape index (κ3) is 3.43. The van der Waals surface area contributed by atoms with Crippen molar-refractivity contribution in [2.75, 3.05) is 6.54 Å². The maximum absolute atomic E-state index is 12.9. The molecule has 0 unspecified atom stereocenters. The molecule has 0 saturated carbocycles. The van der Waals surface area contributed by atoms with Crippen LogP contribution in [0.3, 0.4) is 0 Å². The summed E-state index contributed by atoms with van der Waals surface area (Å²) in [5.74, 6) is -0.163. The van der Waals surface area contributed by atoms with Crippen molar-refractivity contribution in [3.63, 3.8) is 0 Å². The fourth-order valence-electron chi connectivity index (χ4n) is 2.56. The normalized spacial score (nSPS) is 12.1. The van der Waals surface area contributed by atoms with Gasteiger partial charge in [-0.15, -0.1) is 11.3 Å².